The summed E-state index contributed by atoms with van der Waals surface area (Å²) in [4.78, 5) is 10.8. The number of carbonyl (C=O) groups is 1. The predicted molar refractivity (Wildman–Crippen MR) is 64.2 cm³/mol. The van der Waals surface area contributed by atoms with Crippen LogP contribution in [0.25, 0.3) is 0 Å². The topological polar surface area (TPSA) is 54.5 Å². The van der Waals surface area contributed by atoms with E-state index in [0.29, 0.717) is 0 Å². The first-order chi connectivity index (χ1) is 7.15. The molecule has 2 unspecified atom stereocenters. The maximum absolute atomic E-state index is 12.0. The Kier molecular flexibility index (Phi) is 3.82. The molecule has 7 heteroatoms. The number of alkyl halides is 2. The van der Waals surface area contributed by atoms with Gasteiger partial charge in [0.25, 0.3) is 5.91 Å². The minimum absolute atomic E-state index is 0.0723. The van der Waals surface area contributed by atoms with Gasteiger partial charge in [-0.25, -0.2) is 12.7 Å². The van der Waals surface area contributed by atoms with Crippen LogP contribution in [0.4, 0.5) is 0 Å². The number of sulfonamides is 1. The highest BCUT2D eigenvalue weighted by atomic mass is 35.5. The maximum Gasteiger partial charge on any atom is 0.257 e. The van der Waals surface area contributed by atoms with Crippen molar-refractivity contribution in [3.05, 3.63) is 0 Å². The van der Waals surface area contributed by atoms with Crippen molar-refractivity contribution < 1.29 is 13.2 Å². The summed E-state index contributed by atoms with van der Waals surface area (Å²) < 4.78 is 23.7. The molecule has 2 atom stereocenters. The molecule has 4 nitrogen and oxygen atoms in total. The van der Waals surface area contributed by atoms with E-state index in [0.717, 1.165) is 10.6 Å². The summed E-state index contributed by atoms with van der Waals surface area (Å²) >= 11 is 12.0. The molecule has 1 rings (SSSR count). The van der Waals surface area contributed by atoms with Crippen molar-refractivity contribution in [3.8, 4) is 0 Å². The second-order valence-corrected chi connectivity index (χ2v) is 7.21. The van der Waals surface area contributed by atoms with E-state index in [1.165, 1.54) is 0 Å². The van der Waals surface area contributed by atoms with Crippen LogP contribution < -0.4 is 0 Å². The van der Waals surface area contributed by atoms with Gasteiger partial charge in [-0.2, -0.15) is 0 Å². The first kappa shape index (κ1) is 14.1. The van der Waals surface area contributed by atoms with Crippen LogP contribution in [-0.4, -0.2) is 42.2 Å². The Morgan fingerprint density at radius 2 is 2.06 bits per heavy atom. The molecule has 1 saturated heterocycles. The molecule has 0 N–H and O–H groups in total. The van der Waals surface area contributed by atoms with Gasteiger partial charge in [-0.05, 0) is 5.92 Å². The third kappa shape index (κ3) is 2.05. The highest BCUT2D eigenvalue weighted by molar-refractivity contribution is 7.88. The van der Waals surface area contributed by atoms with E-state index < -0.39 is 20.8 Å². The van der Waals surface area contributed by atoms with Gasteiger partial charge in [-0.1, -0.05) is 13.8 Å². The van der Waals surface area contributed by atoms with Crippen LogP contribution in [0.1, 0.15) is 13.8 Å². The molecule has 0 saturated carbocycles. The lowest BCUT2D eigenvalue weighted by Gasteiger charge is -2.28. The lowest BCUT2D eigenvalue weighted by Crippen LogP contribution is -2.44. The molecule has 1 heterocycles. The summed E-state index contributed by atoms with van der Waals surface area (Å²) in [5.74, 6) is -0.910. The van der Waals surface area contributed by atoms with Crippen molar-refractivity contribution in [2.75, 3.05) is 18.7 Å². The molecule has 0 aromatic rings. The molecular weight excluding hydrogens is 273 g/mol. The van der Waals surface area contributed by atoms with Crippen molar-refractivity contribution in [1.82, 2.24) is 4.31 Å². The second-order valence-electron chi connectivity index (χ2n) is 4.37. The fourth-order valence-electron chi connectivity index (χ4n) is 1.95. The smallest absolute Gasteiger partial charge is 0.257 e. The normalized spacial score (nSPS) is 31.5. The Bertz CT molecular complexity index is 396. The zero-order chi connectivity index (χ0) is 12.7. The summed E-state index contributed by atoms with van der Waals surface area (Å²) in [6.45, 7) is 3.65. The average Bonchev–Trinajstić information content (AvgIpc) is 2.40. The van der Waals surface area contributed by atoms with Crippen molar-refractivity contribution in [2.45, 2.75) is 18.7 Å². The molecule has 0 radical (unpaired) electrons. The van der Waals surface area contributed by atoms with Gasteiger partial charge in [0.1, 0.15) is 4.87 Å². The fraction of sp³-hybridized carbons (Fsp3) is 0.889. The minimum Gasteiger partial charge on any atom is -0.272 e. The monoisotopic (exact) mass is 287 g/mol. The number of halogens is 2. The SMILES string of the molecule is CC(C)C1(Cl)C(=O)N(S(C)(=O)=O)CC1CCl. The van der Waals surface area contributed by atoms with Crippen molar-refractivity contribution >= 4 is 39.1 Å². The fourth-order valence-corrected chi connectivity index (χ4v) is 3.57. The highest BCUT2D eigenvalue weighted by Gasteiger charge is 2.56. The molecule has 1 fully saturated rings. The van der Waals surface area contributed by atoms with E-state index in [1.54, 1.807) is 13.8 Å². The quantitative estimate of drug-likeness (QED) is 0.735. The molecular formula is C9H15Cl2NO3S. The van der Waals surface area contributed by atoms with Gasteiger partial charge >= 0.3 is 0 Å². The third-order valence-corrected chi connectivity index (χ3v) is 5.36. The van der Waals surface area contributed by atoms with Gasteiger partial charge < -0.3 is 0 Å². The number of carbonyl (C=O) groups excluding carboxylic acids is 1. The van der Waals surface area contributed by atoms with E-state index in [4.69, 9.17) is 23.2 Å². The minimum atomic E-state index is -3.56. The Morgan fingerprint density at radius 3 is 2.31 bits per heavy atom. The molecule has 1 amide bonds. The average molecular weight is 288 g/mol. The molecule has 0 bridgehead atoms. The van der Waals surface area contributed by atoms with Gasteiger partial charge in [0.2, 0.25) is 10.0 Å². The lowest BCUT2D eigenvalue weighted by atomic mass is 9.86. The molecule has 0 spiro atoms. The number of hydrogen-bond donors (Lipinski definition) is 0. The zero-order valence-electron chi connectivity index (χ0n) is 9.41. The van der Waals surface area contributed by atoms with Crippen LogP contribution in [0.5, 0.6) is 0 Å². The number of rotatable bonds is 3. The standard InChI is InChI=1S/C9H15Cl2NO3S/c1-6(2)9(11)7(4-10)5-12(8(9)13)16(3,14)15/h6-7H,4-5H2,1-3H3. The summed E-state index contributed by atoms with van der Waals surface area (Å²) in [6, 6.07) is 0. The van der Waals surface area contributed by atoms with Crippen LogP contribution in [0, 0.1) is 11.8 Å². The highest BCUT2D eigenvalue weighted by Crippen LogP contribution is 2.42. The van der Waals surface area contributed by atoms with E-state index in [-0.39, 0.29) is 24.3 Å². The van der Waals surface area contributed by atoms with Crippen LogP contribution in [-0.2, 0) is 14.8 Å². The molecule has 1 aliphatic heterocycles. The first-order valence-electron chi connectivity index (χ1n) is 4.92. The van der Waals surface area contributed by atoms with Crippen LogP contribution in [0.3, 0.4) is 0 Å². The zero-order valence-corrected chi connectivity index (χ0v) is 11.7. The van der Waals surface area contributed by atoms with Crippen molar-refractivity contribution in [3.63, 3.8) is 0 Å². The molecule has 0 aromatic carbocycles. The largest absolute Gasteiger partial charge is 0.272 e. The number of nitrogens with zero attached hydrogens (tertiary/aromatic N) is 1. The molecule has 0 aromatic heterocycles. The van der Waals surface area contributed by atoms with Gasteiger partial charge in [0.15, 0.2) is 0 Å². The molecule has 94 valence electrons. The second kappa shape index (κ2) is 4.35. The van der Waals surface area contributed by atoms with Gasteiger partial charge in [0, 0.05) is 18.3 Å². The van der Waals surface area contributed by atoms with Gasteiger partial charge in [-0.3, -0.25) is 4.79 Å². The summed E-state index contributed by atoms with van der Waals surface area (Å²) in [6.07, 6.45) is 0.999. The van der Waals surface area contributed by atoms with Gasteiger partial charge in [-0.15, -0.1) is 23.2 Å². The summed E-state index contributed by atoms with van der Waals surface area (Å²) in [5.41, 5.74) is 0. The van der Waals surface area contributed by atoms with Crippen LogP contribution in [0.2, 0.25) is 0 Å². The van der Waals surface area contributed by atoms with E-state index in [9.17, 15) is 13.2 Å². The maximum atomic E-state index is 12.0. The van der Waals surface area contributed by atoms with E-state index >= 15 is 0 Å². The summed E-state index contributed by atoms with van der Waals surface area (Å²) in [5, 5.41) is 0. The molecule has 1 aliphatic rings. The molecule has 16 heavy (non-hydrogen) atoms. The van der Waals surface area contributed by atoms with Crippen LogP contribution >= 0.6 is 23.2 Å². The summed E-state index contributed by atoms with van der Waals surface area (Å²) in [7, 11) is -3.56. The van der Waals surface area contributed by atoms with E-state index in [1.807, 2.05) is 0 Å². The van der Waals surface area contributed by atoms with E-state index in [2.05, 4.69) is 0 Å². The Morgan fingerprint density at radius 1 is 1.56 bits per heavy atom. The lowest BCUT2D eigenvalue weighted by molar-refractivity contribution is -0.127. The van der Waals surface area contributed by atoms with Crippen molar-refractivity contribution in [2.24, 2.45) is 11.8 Å². The van der Waals surface area contributed by atoms with Crippen LogP contribution in [0.15, 0.2) is 0 Å². The Hall–Kier alpha value is -0.000000000000000111. The third-order valence-electron chi connectivity index (χ3n) is 2.96. The number of amides is 1. The Balaban J connectivity index is 3.18. The van der Waals surface area contributed by atoms with Crippen molar-refractivity contribution in [1.29, 1.82) is 0 Å². The molecule has 0 aliphatic carbocycles. The Labute approximate surface area is 106 Å². The number of hydrogen-bond acceptors (Lipinski definition) is 3. The first-order valence-corrected chi connectivity index (χ1v) is 7.68. The van der Waals surface area contributed by atoms with Gasteiger partial charge in [0.05, 0.1) is 6.26 Å². The predicted octanol–water partition coefficient (Wildman–Crippen LogP) is 1.28.